The summed E-state index contributed by atoms with van der Waals surface area (Å²) >= 11 is 1.82. The molecule has 1 saturated heterocycles. The van der Waals surface area contributed by atoms with Crippen molar-refractivity contribution in [2.75, 3.05) is 25.0 Å². The highest BCUT2D eigenvalue weighted by atomic mass is 32.1. The SMILES string of the molecule is CN(Cc1cc(C2CC2)on1)Cc1cnc(N2CCCC2)s1. The van der Waals surface area contributed by atoms with Crippen molar-refractivity contribution in [1.82, 2.24) is 15.0 Å². The van der Waals surface area contributed by atoms with Crippen molar-refractivity contribution < 1.29 is 4.52 Å². The van der Waals surface area contributed by atoms with Crippen LogP contribution in [-0.2, 0) is 13.1 Å². The van der Waals surface area contributed by atoms with Gasteiger partial charge in [0, 0.05) is 49.2 Å². The summed E-state index contributed by atoms with van der Waals surface area (Å²) in [6, 6.07) is 2.12. The Morgan fingerprint density at radius 3 is 2.91 bits per heavy atom. The number of hydrogen-bond acceptors (Lipinski definition) is 6. The van der Waals surface area contributed by atoms with Crippen LogP contribution in [0.15, 0.2) is 16.8 Å². The molecule has 3 heterocycles. The predicted octanol–water partition coefficient (Wildman–Crippen LogP) is 3.24. The van der Waals surface area contributed by atoms with Crippen LogP contribution in [0.4, 0.5) is 5.13 Å². The first-order chi connectivity index (χ1) is 10.8. The van der Waals surface area contributed by atoms with Crippen molar-refractivity contribution in [2.45, 2.75) is 44.7 Å². The Labute approximate surface area is 134 Å². The second kappa shape index (κ2) is 6.01. The van der Waals surface area contributed by atoms with Crippen molar-refractivity contribution in [3.05, 3.63) is 28.6 Å². The van der Waals surface area contributed by atoms with Gasteiger partial charge >= 0.3 is 0 Å². The number of aromatic nitrogens is 2. The third-order valence-corrected chi connectivity index (χ3v) is 5.38. The van der Waals surface area contributed by atoms with Crippen molar-refractivity contribution in [2.24, 2.45) is 0 Å². The van der Waals surface area contributed by atoms with Gasteiger partial charge < -0.3 is 9.42 Å². The smallest absolute Gasteiger partial charge is 0.185 e. The standard InChI is InChI=1S/C16H22N4OS/c1-19(10-13-8-15(21-18-13)12-4-5-12)11-14-9-17-16(22-14)20-6-2-3-7-20/h8-9,12H,2-7,10-11H2,1H3. The highest BCUT2D eigenvalue weighted by Crippen LogP contribution is 2.40. The lowest BCUT2D eigenvalue weighted by atomic mass is 10.3. The van der Waals surface area contributed by atoms with E-state index in [1.807, 2.05) is 17.5 Å². The molecule has 5 nitrogen and oxygen atoms in total. The van der Waals surface area contributed by atoms with Crippen molar-refractivity contribution in [3.8, 4) is 0 Å². The minimum atomic E-state index is 0.635. The van der Waals surface area contributed by atoms with Gasteiger partial charge in [0.05, 0.1) is 5.69 Å². The topological polar surface area (TPSA) is 45.4 Å². The Bertz CT molecular complexity index is 628. The molecule has 1 saturated carbocycles. The number of rotatable bonds is 6. The minimum absolute atomic E-state index is 0.635. The zero-order valence-electron chi connectivity index (χ0n) is 13.0. The van der Waals surface area contributed by atoms with Gasteiger partial charge in [-0.25, -0.2) is 4.98 Å². The van der Waals surface area contributed by atoms with Crippen LogP contribution in [0, 0.1) is 0 Å². The summed E-state index contributed by atoms with van der Waals surface area (Å²) in [6.45, 7) is 4.06. The first kappa shape index (κ1) is 14.2. The van der Waals surface area contributed by atoms with Crippen LogP contribution in [0.25, 0.3) is 0 Å². The average Bonchev–Trinajstić information content (AvgIpc) is 2.95. The van der Waals surface area contributed by atoms with E-state index in [-0.39, 0.29) is 0 Å². The Balaban J connectivity index is 1.33. The van der Waals surface area contributed by atoms with E-state index in [2.05, 4.69) is 33.1 Å². The van der Waals surface area contributed by atoms with Crippen molar-refractivity contribution in [1.29, 1.82) is 0 Å². The van der Waals surface area contributed by atoms with E-state index < -0.39 is 0 Å². The van der Waals surface area contributed by atoms with Gasteiger partial charge in [0.2, 0.25) is 0 Å². The maximum Gasteiger partial charge on any atom is 0.185 e. The summed E-state index contributed by atoms with van der Waals surface area (Å²) in [5.41, 5.74) is 1.04. The van der Waals surface area contributed by atoms with E-state index in [9.17, 15) is 0 Å². The molecule has 0 amide bonds. The summed E-state index contributed by atoms with van der Waals surface area (Å²) in [5, 5.41) is 5.37. The van der Waals surface area contributed by atoms with E-state index in [1.165, 1.54) is 35.7 Å². The quantitative estimate of drug-likeness (QED) is 0.818. The highest BCUT2D eigenvalue weighted by molar-refractivity contribution is 7.15. The summed E-state index contributed by atoms with van der Waals surface area (Å²) in [6.07, 6.45) is 7.12. The molecule has 2 fully saturated rings. The number of thiazole rings is 1. The maximum atomic E-state index is 5.42. The lowest BCUT2D eigenvalue weighted by Crippen LogP contribution is -2.17. The molecule has 0 unspecified atom stereocenters. The molecule has 0 bridgehead atoms. The van der Waals surface area contributed by atoms with E-state index in [0.29, 0.717) is 5.92 Å². The third-order valence-electron chi connectivity index (χ3n) is 4.33. The van der Waals surface area contributed by atoms with E-state index in [0.717, 1.165) is 37.6 Å². The number of hydrogen-bond donors (Lipinski definition) is 0. The molecule has 0 aromatic carbocycles. The summed E-state index contributed by atoms with van der Waals surface area (Å²) < 4.78 is 5.42. The largest absolute Gasteiger partial charge is 0.361 e. The number of anilines is 1. The Morgan fingerprint density at radius 2 is 2.14 bits per heavy atom. The van der Waals surface area contributed by atoms with Gasteiger partial charge in [-0.3, -0.25) is 4.90 Å². The molecule has 4 rings (SSSR count). The zero-order chi connectivity index (χ0) is 14.9. The molecular formula is C16H22N4OS. The van der Waals surface area contributed by atoms with Crippen LogP contribution in [0.5, 0.6) is 0 Å². The molecule has 2 aromatic heterocycles. The third kappa shape index (κ3) is 3.17. The molecule has 6 heteroatoms. The minimum Gasteiger partial charge on any atom is -0.361 e. The van der Waals surface area contributed by atoms with Gasteiger partial charge in [-0.2, -0.15) is 0 Å². The fourth-order valence-electron chi connectivity index (χ4n) is 2.99. The first-order valence-corrected chi connectivity index (χ1v) is 8.93. The Hall–Kier alpha value is -1.40. The monoisotopic (exact) mass is 318 g/mol. The molecule has 0 spiro atoms. The van der Waals surface area contributed by atoms with Gasteiger partial charge in [-0.05, 0) is 32.7 Å². The Morgan fingerprint density at radius 1 is 1.32 bits per heavy atom. The first-order valence-electron chi connectivity index (χ1n) is 8.11. The fourth-order valence-corrected chi connectivity index (χ4v) is 4.03. The maximum absolute atomic E-state index is 5.42. The summed E-state index contributed by atoms with van der Waals surface area (Å²) in [4.78, 5) is 10.6. The molecular weight excluding hydrogens is 296 g/mol. The Kier molecular flexibility index (Phi) is 3.88. The van der Waals surface area contributed by atoms with E-state index in [4.69, 9.17) is 4.52 Å². The number of nitrogens with zero attached hydrogens (tertiary/aromatic N) is 4. The van der Waals surface area contributed by atoms with Crippen LogP contribution < -0.4 is 4.90 Å². The lowest BCUT2D eigenvalue weighted by molar-refractivity contribution is 0.303. The van der Waals surface area contributed by atoms with Crippen LogP contribution in [0.3, 0.4) is 0 Å². The molecule has 2 aromatic rings. The van der Waals surface area contributed by atoms with Gasteiger partial charge in [0.1, 0.15) is 5.76 Å². The van der Waals surface area contributed by atoms with Crippen LogP contribution >= 0.6 is 11.3 Å². The summed E-state index contributed by atoms with van der Waals surface area (Å²) in [7, 11) is 2.13. The van der Waals surface area contributed by atoms with Crippen LogP contribution in [0.2, 0.25) is 0 Å². The molecule has 1 aliphatic heterocycles. The molecule has 0 N–H and O–H groups in total. The fraction of sp³-hybridized carbons (Fsp3) is 0.625. The van der Waals surface area contributed by atoms with E-state index in [1.54, 1.807) is 0 Å². The van der Waals surface area contributed by atoms with Gasteiger partial charge in [-0.15, -0.1) is 11.3 Å². The normalized spacial score (nSPS) is 18.5. The zero-order valence-corrected chi connectivity index (χ0v) is 13.8. The average molecular weight is 318 g/mol. The second-order valence-corrected chi connectivity index (χ2v) is 7.56. The molecule has 0 radical (unpaired) electrons. The lowest BCUT2D eigenvalue weighted by Gasteiger charge is -2.14. The molecule has 2 aliphatic rings. The van der Waals surface area contributed by atoms with Crippen molar-refractivity contribution >= 4 is 16.5 Å². The van der Waals surface area contributed by atoms with E-state index >= 15 is 0 Å². The van der Waals surface area contributed by atoms with Gasteiger partial charge in [0.25, 0.3) is 0 Å². The van der Waals surface area contributed by atoms with Gasteiger partial charge in [0.15, 0.2) is 5.13 Å². The molecule has 0 atom stereocenters. The summed E-state index contributed by atoms with van der Waals surface area (Å²) in [5.74, 6) is 1.70. The molecule has 22 heavy (non-hydrogen) atoms. The predicted molar refractivity (Wildman–Crippen MR) is 87.2 cm³/mol. The highest BCUT2D eigenvalue weighted by Gasteiger charge is 2.28. The van der Waals surface area contributed by atoms with Crippen molar-refractivity contribution in [3.63, 3.8) is 0 Å². The van der Waals surface area contributed by atoms with Crippen LogP contribution in [0.1, 0.15) is 47.9 Å². The van der Waals surface area contributed by atoms with Crippen LogP contribution in [-0.4, -0.2) is 35.2 Å². The molecule has 1 aliphatic carbocycles. The van der Waals surface area contributed by atoms with Gasteiger partial charge in [-0.1, -0.05) is 5.16 Å². The second-order valence-electron chi connectivity index (χ2n) is 6.47. The molecule has 118 valence electrons.